The van der Waals surface area contributed by atoms with E-state index in [-0.39, 0.29) is 12.2 Å². The molecule has 0 saturated carbocycles. The second-order valence-corrected chi connectivity index (χ2v) is 4.49. The third kappa shape index (κ3) is 4.33. The Hall–Kier alpha value is -1.11. The molecule has 0 bridgehead atoms. The zero-order valence-corrected chi connectivity index (χ0v) is 9.78. The smallest absolute Gasteiger partial charge is 0.336 e. The van der Waals surface area contributed by atoms with Crippen molar-refractivity contribution in [1.82, 2.24) is 0 Å². The van der Waals surface area contributed by atoms with Crippen molar-refractivity contribution in [3.63, 3.8) is 0 Å². The van der Waals surface area contributed by atoms with Gasteiger partial charge in [0.15, 0.2) is 0 Å². The standard InChI is InChI=1S/C11H13FO4S/c12-8-2-1-7(10(3-8)11(15)16)5-17-6-9(14)4-13/h1-3,9,13-14H,4-6H2,(H,15,16). The van der Waals surface area contributed by atoms with Crippen LogP contribution in [0, 0.1) is 5.82 Å². The molecule has 0 aliphatic carbocycles. The predicted octanol–water partition coefficient (Wildman–Crippen LogP) is 1.11. The maximum absolute atomic E-state index is 12.9. The highest BCUT2D eigenvalue weighted by Crippen LogP contribution is 2.18. The van der Waals surface area contributed by atoms with Crippen molar-refractivity contribution in [1.29, 1.82) is 0 Å². The van der Waals surface area contributed by atoms with Crippen LogP contribution in [-0.4, -0.2) is 39.8 Å². The molecule has 0 saturated heterocycles. The van der Waals surface area contributed by atoms with Gasteiger partial charge in [-0.25, -0.2) is 9.18 Å². The molecule has 0 aliphatic heterocycles. The molecule has 3 N–H and O–H groups in total. The number of benzene rings is 1. The summed E-state index contributed by atoms with van der Waals surface area (Å²) in [6.07, 6.45) is -0.825. The molecule has 1 aromatic carbocycles. The number of hydrogen-bond donors (Lipinski definition) is 3. The van der Waals surface area contributed by atoms with Crippen molar-refractivity contribution in [2.45, 2.75) is 11.9 Å². The van der Waals surface area contributed by atoms with Gasteiger partial charge < -0.3 is 15.3 Å². The molecule has 0 spiro atoms. The highest BCUT2D eigenvalue weighted by Gasteiger charge is 2.11. The summed E-state index contributed by atoms with van der Waals surface area (Å²) in [5, 5.41) is 26.6. The van der Waals surface area contributed by atoms with Crippen LogP contribution < -0.4 is 0 Å². The lowest BCUT2D eigenvalue weighted by Gasteiger charge is -2.08. The number of aromatic carboxylic acids is 1. The summed E-state index contributed by atoms with van der Waals surface area (Å²) in [5.74, 6) is -1.12. The average Bonchev–Trinajstić information content (AvgIpc) is 2.30. The Balaban J connectivity index is 2.67. The molecular weight excluding hydrogens is 247 g/mol. The minimum atomic E-state index is -1.18. The van der Waals surface area contributed by atoms with Gasteiger partial charge in [-0.05, 0) is 17.7 Å². The van der Waals surface area contributed by atoms with E-state index >= 15 is 0 Å². The Kier molecular flexibility index (Phi) is 5.40. The van der Waals surface area contributed by atoms with Crippen molar-refractivity contribution in [2.75, 3.05) is 12.4 Å². The van der Waals surface area contributed by atoms with E-state index in [1.807, 2.05) is 0 Å². The minimum Gasteiger partial charge on any atom is -0.478 e. The minimum absolute atomic E-state index is 0.0732. The van der Waals surface area contributed by atoms with Crippen molar-refractivity contribution >= 4 is 17.7 Å². The van der Waals surface area contributed by atoms with E-state index in [1.54, 1.807) is 0 Å². The van der Waals surface area contributed by atoms with Crippen LogP contribution in [0.2, 0.25) is 0 Å². The second kappa shape index (κ2) is 6.58. The number of halogens is 1. The molecule has 6 heteroatoms. The Bertz CT molecular complexity index is 397. The van der Waals surface area contributed by atoms with Gasteiger partial charge in [-0.15, -0.1) is 0 Å². The monoisotopic (exact) mass is 260 g/mol. The summed E-state index contributed by atoms with van der Waals surface area (Å²) >= 11 is 1.28. The average molecular weight is 260 g/mol. The first-order chi connectivity index (χ1) is 8.04. The van der Waals surface area contributed by atoms with E-state index in [1.165, 1.54) is 23.9 Å². The topological polar surface area (TPSA) is 77.8 Å². The molecule has 17 heavy (non-hydrogen) atoms. The summed E-state index contributed by atoms with van der Waals surface area (Å²) in [4.78, 5) is 10.9. The van der Waals surface area contributed by atoms with Crippen LogP contribution in [0.4, 0.5) is 4.39 Å². The molecule has 0 fully saturated rings. The van der Waals surface area contributed by atoms with Crippen LogP contribution in [0.25, 0.3) is 0 Å². The second-order valence-electron chi connectivity index (χ2n) is 3.46. The molecule has 1 aromatic rings. The van der Waals surface area contributed by atoms with Gasteiger partial charge in [0.1, 0.15) is 5.82 Å². The first kappa shape index (κ1) is 14.0. The van der Waals surface area contributed by atoms with E-state index in [2.05, 4.69) is 0 Å². The van der Waals surface area contributed by atoms with Gasteiger partial charge in [0.25, 0.3) is 0 Å². The van der Waals surface area contributed by atoms with Crippen LogP contribution in [0.15, 0.2) is 18.2 Å². The first-order valence-corrected chi connectivity index (χ1v) is 6.08. The van der Waals surface area contributed by atoms with E-state index < -0.39 is 17.9 Å². The number of hydrogen-bond acceptors (Lipinski definition) is 4. The Labute approximate surface area is 102 Å². The highest BCUT2D eigenvalue weighted by atomic mass is 32.2. The van der Waals surface area contributed by atoms with Crippen molar-refractivity contribution in [2.24, 2.45) is 0 Å². The maximum atomic E-state index is 12.9. The van der Waals surface area contributed by atoms with Crippen molar-refractivity contribution in [3.05, 3.63) is 35.1 Å². The van der Waals surface area contributed by atoms with Crippen LogP contribution in [0.3, 0.4) is 0 Å². The van der Waals surface area contributed by atoms with E-state index in [9.17, 15) is 9.18 Å². The maximum Gasteiger partial charge on any atom is 0.336 e. The fraction of sp³-hybridized carbons (Fsp3) is 0.364. The highest BCUT2D eigenvalue weighted by molar-refractivity contribution is 7.98. The summed E-state index contributed by atoms with van der Waals surface area (Å²) in [7, 11) is 0. The number of thioether (sulfide) groups is 1. The van der Waals surface area contributed by atoms with Crippen LogP contribution in [0.5, 0.6) is 0 Å². The lowest BCUT2D eigenvalue weighted by Crippen LogP contribution is -2.15. The van der Waals surface area contributed by atoms with Crippen LogP contribution >= 0.6 is 11.8 Å². The van der Waals surface area contributed by atoms with Crippen molar-refractivity contribution in [3.8, 4) is 0 Å². The molecule has 94 valence electrons. The number of carboxylic acids is 1. The van der Waals surface area contributed by atoms with Gasteiger partial charge in [0, 0.05) is 11.5 Å². The molecule has 1 unspecified atom stereocenters. The molecule has 0 aromatic heterocycles. The van der Waals surface area contributed by atoms with Crippen LogP contribution in [-0.2, 0) is 5.75 Å². The number of carboxylic acid groups (broad SMARTS) is 1. The Morgan fingerprint density at radius 1 is 1.47 bits per heavy atom. The molecule has 0 heterocycles. The third-order valence-electron chi connectivity index (χ3n) is 2.08. The SMILES string of the molecule is O=C(O)c1cc(F)ccc1CSCC(O)CO. The summed E-state index contributed by atoms with van der Waals surface area (Å²) in [6.45, 7) is -0.331. The molecule has 0 amide bonds. The normalized spacial score (nSPS) is 12.4. The number of rotatable bonds is 6. The molecule has 1 atom stereocenters. The quantitative estimate of drug-likeness (QED) is 0.714. The lowest BCUT2D eigenvalue weighted by atomic mass is 10.1. The van der Waals surface area contributed by atoms with Gasteiger partial charge in [0.2, 0.25) is 0 Å². The predicted molar refractivity (Wildman–Crippen MR) is 62.6 cm³/mol. The van der Waals surface area contributed by atoms with Crippen molar-refractivity contribution < 1.29 is 24.5 Å². The summed E-state index contributed by atoms with van der Waals surface area (Å²) in [6, 6.07) is 3.59. The fourth-order valence-corrected chi connectivity index (χ4v) is 2.20. The molecule has 4 nitrogen and oxygen atoms in total. The molecule has 0 aliphatic rings. The number of aliphatic hydroxyl groups is 2. The first-order valence-electron chi connectivity index (χ1n) is 4.93. The summed E-state index contributed by atoms with van der Waals surface area (Å²) < 4.78 is 12.9. The van der Waals surface area contributed by atoms with Gasteiger partial charge in [-0.3, -0.25) is 0 Å². The molecular formula is C11H13FO4S. The van der Waals surface area contributed by atoms with Gasteiger partial charge >= 0.3 is 5.97 Å². The molecule has 1 rings (SSSR count). The van der Waals surface area contributed by atoms with E-state index in [4.69, 9.17) is 15.3 Å². The number of aliphatic hydroxyl groups excluding tert-OH is 2. The van der Waals surface area contributed by atoms with E-state index in [0.29, 0.717) is 17.1 Å². The van der Waals surface area contributed by atoms with Gasteiger partial charge in [0.05, 0.1) is 18.3 Å². The molecule has 0 radical (unpaired) electrons. The number of carbonyl (C=O) groups is 1. The lowest BCUT2D eigenvalue weighted by molar-refractivity contribution is 0.0695. The van der Waals surface area contributed by atoms with Gasteiger partial charge in [-0.2, -0.15) is 11.8 Å². The Morgan fingerprint density at radius 2 is 2.18 bits per heavy atom. The Morgan fingerprint density at radius 3 is 2.76 bits per heavy atom. The zero-order valence-electron chi connectivity index (χ0n) is 8.97. The van der Waals surface area contributed by atoms with Gasteiger partial charge in [-0.1, -0.05) is 6.07 Å². The summed E-state index contributed by atoms with van der Waals surface area (Å²) in [5.41, 5.74) is 0.421. The third-order valence-corrected chi connectivity index (χ3v) is 3.22. The fourth-order valence-electron chi connectivity index (χ4n) is 1.23. The van der Waals surface area contributed by atoms with E-state index in [0.717, 1.165) is 6.07 Å². The zero-order chi connectivity index (χ0) is 12.8. The largest absolute Gasteiger partial charge is 0.478 e. The van der Waals surface area contributed by atoms with Crippen LogP contribution in [0.1, 0.15) is 15.9 Å².